The van der Waals surface area contributed by atoms with Gasteiger partial charge in [-0.15, -0.1) is 0 Å². The van der Waals surface area contributed by atoms with Crippen LogP contribution in [0.25, 0.3) is 0 Å². The highest BCUT2D eigenvalue weighted by Crippen LogP contribution is 2.42. The molecule has 4 aromatic rings. The fourth-order valence-electron chi connectivity index (χ4n) is 7.40. The van der Waals surface area contributed by atoms with E-state index in [1.807, 2.05) is 109 Å². The van der Waals surface area contributed by atoms with E-state index in [9.17, 15) is 19.2 Å². The third-order valence-corrected chi connectivity index (χ3v) is 11.8. The van der Waals surface area contributed by atoms with E-state index in [0.717, 1.165) is 52.8 Å². The first-order valence-electron chi connectivity index (χ1n) is 19.2. The van der Waals surface area contributed by atoms with Crippen molar-refractivity contribution in [1.29, 1.82) is 0 Å². The Morgan fingerprint density at radius 2 is 1.39 bits per heavy atom. The lowest BCUT2D eigenvalue weighted by molar-refractivity contribution is -0.146. The zero-order valence-electron chi connectivity index (χ0n) is 32.3. The molecule has 13 heteroatoms. The fraction of sp³-hybridized carbons (Fsp3) is 0.364. The highest BCUT2D eigenvalue weighted by atomic mass is 32.2. The van der Waals surface area contributed by atoms with E-state index in [0.29, 0.717) is 28.7 Å². The Bertz CT molecular complexity index is 1950. The van der Waals surface area contributed by atoms with Crippen LogP contribution in [-0.4, -0.2) is 61.1 Å². The van der Waals surface area contributed by atoms with Crippen LogP contribution in [0.4, 0.5) is 4.79 Å². The molecule has 2 heterocycles. The van der Waals surface area contributed by atoms with Gasteiger partial charge in [0.2, 0.25) is 11.8 Å². The number of nitrogens with one attached hydrogen (secondary N) is 3. The number of primary amides is 1. The molecule has 57 heavy (non-hydrogen) atoms. The number of methoxy groups -OCH3 is 2. The highest BCUT2D eigenvalue weighted by Gasteiger charge is 2.42. The number of esters is 1. The molecule has 3 atom stereocenters. The van der Waals surface area contributed by atoms with Gasteiger partial charge < -0.3 is 40.6 Å². The first-order chi connectivity index (χ1) is 27.7. The number of benzene rings is 4. The molecule has 0 aliphatic carbocycles. The first kappa shape index (κ1) is 41.1. The molecular weight excluding hydrogens is 745 g/mol. The van der Waals surface area contributed by atoms with Crippen molar-refractivity contribution in [2.45, 2.75) is 81.2 Å². The number of amides is 4. The molecule has 300 valence electrons. The lowest BCUT2D eigenvalue weighted by Crippen LogP contribution is -2.36. The zero-order valence-corrected chi connectivity index (χ0v) is 33.1. The summed E-state index contributed by atoms with van der Waals surface area (Å²) in [6.45, 7) is 0.370. The van der Waals surface area contributed by atoms with Crippen LogP contribution in [0.5, 0.6) is 11.5 Å². The van der Waals surface area contributed by atoms with Gasteiger partial charge in [-0.25, -0.2) is 4.79 Å². The average molecular weight is 795 g/mol. The van der Waals surface area contributed by atoms with Gasteiger partial charge in [-0.2, -0.15) is 11.8 Å². The second-order valence-electron chi connectivity index (χ2n) is 14.2. The topological polar surface area (TPSA) is 167 Å². The Balaban J connectivity index is 1.21. The number of thioether (sulfide) groups is 1. The summed E-state index contributed by atoms with van der Waals surface area (Å²) < 4.78 is 23.6. The van der Waals surface area contributed by atoms with Crippen molar-refractivity contribution in [3.8, 4) is 11.5 Å². The molecule has 3 unspecified atom stereocenters. The largest absolute Gasteiger partial charge is 0.497 e. The van der Waals surface area contributed by atoms with Crippen molar-refractivity contribution in [2.24, 2.45) is 5.73 Å². The summed E-state index contributed by atoms with van der Waals surface area (Å²) in [5, 5.41) is 9.40. The number of rotatable bonds is 20. The third-order valence-electron chi connectivity index (χ3n) is 10.3. The number of hydrogen-bond acceptors (Lipinski definition) is 9. The predicted molar refractivity (Wildman–Crippen MR) is 218 cm³/mol. The maximum atomic E-state index is 13.0. The molecular formula is C44H50N4O8S. The van der Waals surface area contributed by atoms with Crippen LogP contribution < -0.4 is 31.2 Å². The molecule has 0 aromatic heterocycles. The van der Waals surface area contributed by atoms with Gasteiger partial charge in [0.15, 0.2) is 0 Å². The predicted octanol–water partition coefficient (Wildman–Crippen LogP) is 5.86. The van der Waals surface area contributed by atoms with Gasteiger partial charge in [-0.05, 0) is 70.5 Å². The van der Waals surface area contributed by atoms with Crippen LogP contribution in [0.1, 0.15) is 71.9 Å². The number of fused-ring (bicyclic) bond motifs is 1. The lowest BCUT2D eigenvalue weighted by atomic mass is 9.80. The van der Waals surface area contributed by atoms with E-state index < -0.39 is 17.5 Å². The number of carbonyl (C=O) groups is 4. The third kappa shape index (κ3) is 10.7. The summed E-state index contributed by atoms with van der Waals surface area (Å²) in [4.78, 5) is 48.5. The maximum absolute atomic E-state index is 13.0. The van der Waals surface area contributed by atoms with Crippen molar-refractivity contribution in [3.05, 3.63) is 130 Å². The van der Waals surface area contributed by atoms with Crippen molar-refractivity contribution in [1.82, 2.24) is 16.0 Å². The van der Waals surface area contributed by atoms with Gasteiger partial charge in [0.1, 0.15) is 23.7 Å². The van der Waals surface area contributed by atoms with Gasteiger partial charge in [0, 0.05) is 30.4 Å². The molecule has 2 aliphatic rings. The molecule has 12 nitrogen and oxygen atoms in total. The molecule has 4 amide bonds. The van der Waals surface area contributed by atoms with Crippen LogP contribution >= 0.6 is 11.8 Å². The number of hydrogen-bond donors (Lipinski definition) is 4. The van der Waals surface area contributed by atoms with E-state index in [4.69, 9.17) is 24.7 Å². The quantitative estimate of drug-likeness (QED) is 0.0371. The molecule has 5 N–H and O–H groups in total. The Labute approximate surface area is 337 Å². The van der Waals surface area contributed by atoms with Crippen molar-refractivity contribution in [3.63, 3.8) is 0 Å². The van der Waals surface area contributed by atoms with E-state index >= 15 is 0 Å². The maximum Gasteiger partial charge on any atom is 0.315 e. The minimum atomic E-state index is -1.07. The summed E-state index contributed by atoms with van der Waals surface area (Å²) in [7, 11) is 3.26. The zero-order chi connectivity index (χ0) is 40.2. The highest BCUT2D eigenvalue weighted by molar-refractivity contribution is 8.00. The van der Waals surface area contributed by atoms with Crippen LogP contribution in [0, 0.1) is 0 Å². The van der Waals surface area contributed by atoms with Gasteiger partial charge in [0.05, 0.1) is 39.3 Å². The number of carbonyl (C=O) groups excluding carboxylic acids is 4. The van der Waals surface area contributed by atoms with E-state index in [-0.39, 0.29) is 56.6 Å². The van der Waals surface area contributed by atoms with Crippen LogP contribution in [0.3, 0.4) is 0 Å². The minimum Gasteiger partial charge on any atom is -0.497 e. The van der Waals surface area contributed by atoms with Crippen molar-refractivity contribution >= 4 is 35.6 Å². The van der Waals surface area contributed by atoms with Gasteiger partial charge in [-0.3, -0.25) is 14.4 Å². The van der Waals surface area contributed by atoms with Crippen LogP contribution in [0.15, 0.2) is 97.1 Å². The van der Waals surface area contributed by atoms with Crippen LogP contribution in [-0.2, 0) is 49.2 Å². The summed E-state index contributed by atoms with van der Waals surface area (Å²) in [6, 6.07) is 31.6. The summed E-state index contributed by atoms with van der Waals surface area (Å²) in [5.41, 5.74) is 9.14. The van der Waals surface area contributed by atoms with Gasteiger partial charge >= 0.3 is 12.0 Å². The number of nitrogens with two attached hydrogens (primary N) is 1. The van der Waals surface area contributed by atoms with Crippen molar-refractivity contribution < 1.29 is 38.1 Å². The van der Waals surface area contributed by atoms with Gasteiger partial charge in [0.25, 0.3) is 0 Å². The molecule has 6 rings (SSSR count). The first-order valence-corrected chi connectivity index (χ1v) is 20.2. The second kappa shape index (κ2) is 19.6. The lowest BCUT2D eigenvalue weighted by Gasteiger charge is -2.36. The summed E-state index contributed by atoms with van der Waals surface area (Å²) in [6.07, 6.45) is 2.72. The molecule has 0 spiro atoms. The Morgan fingerprint density at radius 1 is 0.772 bits per heavy atom. The van der Waals surface area contributed by atoms with Crippen molar-refractivity contribution in [2.75, 3.05) is 20.0 Å². The Morgan fingerprint density at radius 3 is 2.02 bits per heavy atom. The molecule has 0 saturated carbocycles. The SMILES string of the molecule is COc1ccc(C(OCc2cc(CNC(=O)CCCCC3SCC4NC(=O)NC43)cc(COC(=O)CCC(N)=O)c2)(c2ccccc2)c2ccc(OC)cc2)cc1. The molecule has 2 saturated heterocycles. The average Bonchev–Trinajstić information content (AvgIpc) is 3.80. The second-order valence-corrected chi connectivity index (χ2v) is 15.5. The number of unbranched alkanes of at least 4 members (excludes halogenated alkanes) is 1. The molecule has 0 radical (unpaired) electrons. The van der Waals surface area contributed by atoms with E-state index in [1.165, 1.54) is 0 Å². The van der Waals surface area contributed by atoms with E-state index in [1.54, 1.807) is 14.2 Å². The molecule has 0 bridgehead atoms. The molecule has 4 aromatic carbocycles. The fourth-order valence-corrected chi connectivity index (χ4v) is 8.94. The standard InChI is InChI=1S/C44H50N4O8S/c1-53-35-16-12-33(13-17-35)44(32-8-4-3-5-9-32,34-14-18-36(54-2)19-15-34)56-27-31-23-29(22-30(24-31)26-55-41(51)21-20-39(45)49)25-46-40(50)11-7-6-10-38-42-37(28-57-38)47-43(52)48-42/h3-5,8-9,12-19,22-24,37-38,42H,6-7,10-11,20-21,25-28H2,1-2H3,(H2,45,49)(H,46,50)(H2,47,48,52). The normalized spacial score (nSPS) is 17.2. The smallest absolute Gasteiger partial charge is 0.315 e. The van der Waals surface area contributed by atoms with Crippen LogP contribution in [0.2, 0.25) is 0 Å². The molecule has 2 aliphatic heterocycles. The summed E-state index contributed by atoms with van der Waals surface area (Å²) >= 11 is 1.87. The molecule has 2 fully saturated rings. The number of ether oxygens (including phenoxy) is 4. The Kier molecular flexibility index (Phi) is 14.1. The Hall–Kier alpha value is -5.53. The summed E-state index contributed by atoms with van der Waals surface area (Å²) in [5.74, 6) is 1.15. The minimum absolute atomic E-state index is 0.0375. The number of urea groups is 1. The van der Waals surface area contributed by atoms with Gasteiger partial charge in [-0.1, -0.05) is 79.2 Å². The van der Waals surface area contributed by atoms with E-state index in [2.05, 4.69) is 16.0 Å². The monoisotopic (exact) mass is 794 g/mol.